The minimum Gasteiger partial charge on any atom is -0.299 e. The monoisotopic (exact) mass is 301 g/mol. The molecule has 1 heterocycles. The van der Waals surface area contributed by atoms with Gasteiger partial charge in [-0.1, -0.05) is 12.1 Å². The second-order valence-electron chi connectivity index (χ2n) is 5.26. The van der Waals surface area contributed by atoms with Crippen molar-refractivity contribution in [2.24, 2.45) is 11.8 Å². The highest BCUT2D eigenvalue weighted by molar-refractivity contribution is 5.93. The van der Waals surface area contributed by atoms with Crippen LogP contribution >= 0.6 is 0 Å². The summed E-state index contributed by atoms with van der Waals surface area (Å²) in [4.78, 5) is 13.3. The van der Waals surface area contributed by atoms with Gasteiger partial charge in [0.1, 0.15) is 0 Å². The van der Waals surface area contributed by atoms with Crippen molar-refractivity contribution in [2.75, 3.05) is 13.1 Å². The second kappa shape index (κ2) is 6.44. The SMILES string of the molecule is NNC(=O)c1ccc(CN2CCC(C(F)(F)F)CC2)cc1. The number of piperidine rings is 1. The molecule has 1 aliphatic rings. The number of likely N-dealkylation sites (tertiary alicyclic amines) is 1. The number of nitrogen functional groups attached to an aromatic ring is 1. The summed E-state index contributed by atoms with van der Waals surface area (Å²) < 4.78 is 37.7. The van der Waals surface area contributed by atoms with Gasteiger partial charge in [0.25, 0.3) is 5.91 Å². The number of rotatable bonds is 3. The van der Waals surface area contributed by atoms with Crippen LogP contribution in [0.1, 0.15) is 28.8 Å². The van der Waals surface area contributed by atoms with Gasteiger partial charge in [-0.05, 0) is 43.6 Å². The summed E-state index contributed by atoms with van der Waals surface area (Å²) >= 11 is 0. The van der Waals surface area contributed by atoms with Crippen molar-refractivity contribution < 1.29 is 18.0 Å². The van der Waals surface area contributed by atoms with Crippen LogP contribution in [0.15, 0.2) is 24.3 Å². The van der Waals surface area contributed by atoms with Crippen LogP contribution in [0.25, 0.3) is 0 Å². The third-order valence-corrected chi connectivity index (χ3v) is 3.80. The van der Waals surface area contributed by atoms with Crippen molar-refractivity contribution in [3.05, 3.63) is 35.4 Å². The largest absolute Gasteiger partial charge is 0.391 e. The average molecular weight is 301 g/mol. The number of nitrogens with two attached hydrogens (primary N) is 1. The van der Waals surface area contributed by atoms with Crippen molar-refractivity contribution >= 4 is 5.91 Å². The maximum atomic E-state index is 12.6. The Morgan fingerprint density at radius 3 is 2.29 bits per heavy atom. The van der Waals surface area contributed by atoms with E-state index in [1.165, 1.54) is 0 Å². The Bertz CT molecular complexity index is 479. The highest BCUT2D eigenvalue weighted by atomic mass is 19.4. The molecule has 1 aliphatic heterocycles. The summed E-state index contributed by atoms with van der Waals surface area (Å²) in [6.07, 6.45) is -3.78. The van der Waals surface area contributed by atoms with Crippen molar-refractivity contribution in [1.82, 2.24) is 10.3 Å². The fourth-order valence-electron chi connectivity index (χ4n) is 2.52. The van der Waals surface area contributed by atoms with E-state index in [1.807, 2.05) is 10.3 Å². The van der Waals surface area contributed by atoms with Gasteiger partial charge < -0.3 is 0 Å². The summed E-state index contributed by atoms with van der Waals surface area (Å²) in [6.45, 7) is 1.47. The van der Waals surface area contributed by atoms with Gasteiger partial charge in [-0.2, -0.15) is 13.2 Å². The van der Waals surface area contributed by atoms with Crippen molar-refractivity contribution in [3.8, 4) is 0 Å². The zero-order valence-electron chi connectivity index (χ0n) is 11.5. The molecule has 3 N–H and O–H groups in total. The van der Waals surface area contributed by atoms with Gasteiger partial charge in [-0.25, -0.2) is 5.84 Å². The molecular weight excluding hydrogens is 283 g/mol. The van der Waals surface area contributed by atoms with Gasteiger partial charge in [0.2, 0.25) is 0 Å². The molecule has 4 nitrogen and oxygen atoms in total. The van der Waals surface area contributed by atoms with E-state index in [1.54, 1.807) is 24.3 Å². The first-order valence-corrected chi connectivity index (χ1v) is 6.79. The molecule has 1 amide bonds. The highest BCUT2D eigenvalue weighted by Gasteiger charge is 2.40. The molecule has 116 valence electrons. The number of nitrogens with one attached hydrogen (secondary N) is 1. The number of benzene rings is 1. The normalized spacial score (nSPS) is 17.7. The number of carbonyl (C=O) groups is 1. The predicted octanol–water partition coefficient (Wildman–Crippen LogP) is 2.06. The molecule has 0 saturated carbocycles. The Labute approximate surface area is 121 Å². The minimum absolute atomic E-state index is 0.150. The number of amides is 1. The smallest absolute Gasteiger partial charge is 0.299 e. The van der Waals surface area contributed by atoms with Crippen LogP contribution in [-0.2, 0) is 6.54 Å². The molecule has 0 aliphatic carbocycles. The van der Waals surface area contributed by atoms with Crippen LogP contribution in [-0.4, -0.2) is 30.1 Å². The lowest BCUT2D eigenvalue weighted by molar-refractivity contribution is -0.185. The molecule has 0 unspecified atom stereocenters. The first-order valence-electron chi connectivity index (χ1n) is 6.79. The molecule has 1 aromatic carbocycles. The molecule has 0 atom stereocenters. The van der Waals surface area contributed by atoms with Crippen molar-refractivity contribution in [3.63, 3.8) is 0 Å². The lowest BCUT2D eigenvalue weighted by atomic mass is 9.96. The number of halogens is 3. The van der Waals surface area contributed by atoms with Gasteiger partial charge in [0.05, 0.1) is 5.92 Å². The first kappa shape index (κ1) is 15.8. The standard InChI is InChI=1S/C14H18F3N3O/c15-14(16,17)12-5-7-20(8-6-12)9-10-1-3-11(4-2-10)13(21)19-18/h1-4,12H,5-9,18H2,(H,19,21). The third kappa shape index (κ3) is 4.18. The van der Waals surface area contributed by atoms with E-state index in [2.05, 4.69) is 0 Å². The quantitative estimate of drug-likeness (QED) is 0.510. The van der Waals surface area contributed by atoms with Crippen molar-refractivity contribution in [1.29, 1.82) is 0 Å². The fourth-order valence-corrected chi connectivity index (χ4v) is 2.52. The molecule has 7 heteroatoms. The molecule has 0 bridgehead atoms. The van der Waals surface area contributed by atoms with E-state index in [0.29, 0.717) is 25.2 Å². The molecule has 1 saturated heterocycles. The van der Waals surface area contributed by atoms with Crippen molar-refractivity contribution in [2.45, 2.75) is 25.6 Å². The van der Waals surface area contributed by atoms with Gasteiger partial charge in [-0.3, -0.25) is 15.1 Å². The molecule has 0 radical (unpaired) electrons. The zero-order chi connectivity index (χ0) is 15.5. The molecule has 0 spiro atoms. The Balaban J connectivity index is 1.88. The molecule has 0 aromatic heterocycles. The number of hydrogen-bond acceptors (Lipinski definition) is 3. The van der Waals surface area contributed by atoms with Crippen LogP contribution in [0.3, 0.4) is 0 Å². The minimum atomic E-state index is -4.08. The van der Waals surface area contributed by atoms with Crippen LogP contribution in [0, 0.1) is 5.92 Å². The van der Waals surface area contributed by atoms with Gasteiger partial charge >= 0.3 is 6.18 Å². The topological polar surface area (TPSA) is 58.4 Å². The predicted molar refractivity (Wildman–Crippen MR) is 72.2 cm³/mol. The maximum Gasteiger partial charge on any atom is 0.391 e. The van der Waals surface area contributed by atoms with Gasteiger partial charge in [0.15, 0.2) is 0 Å². The summed E-state index contributed by atoms with van der Waals surface area (Å²) in [6, 6.07) is 6.89. The van der Waals surface area contributed by atoms with Gasteiger partial charge in [-0.15, -0.1) is 0 Å². The van der Waals surface area contributed by atoms with E-state index in [-0.39, 0.29) is 18.7 Å². The van der Waals surface area contributed by atoms with Crippen LogP contribution in [0.2, 0.25) is 0 Å². The molecule has 2 rings (SSSR count). The Morgan fingerprint density at radius 2 is 1.81 bits per heavy atom. The van der Waals surface area contributed by atoms with E-state index < -0.39 is 12.1 Å². The lowest BCUT2D eigenvalue weighted by Gasteiger charge is -2.32. The average Bonchev–Trinajstić information content (AvgIpc) is 2.47. The van der Waals surface area contributed by atoms with E-state index in [4.69, 9.17) is 5.84 Å². The van der Waals surface area contributed by atoms with E-state index in [0.717, 1.165) is 5.56 Å². The number of alkyl halides is 3. The summed E-state index contributed by atoms with van der Waals surface area (Å²) in [7, 11) is 0. The number of hydrazine groups is 1. The molecule has 21 heavy (non-hydrogen) atoms. The van der Waals surface area contributed by atoms with Gasteiger partial charge in [0, 0.05) is 12.1 Å². The third-order valence-electron chi connectivity index (χ3n) is 3.80. The highest BCUT2D eigenvalue weighted by Crippen LogP contribution is 2.34. The van der Waals surface area contributed by atoms with Crippen LogP contribution < -0.4 is 11.3 Å². The van der Waals surface area contributed by atoms with E-state index in [9.17, 15) is 18.0 Å². The van der Waals surface area contributed by atoms with Crippen LogP contribution in [0.5, 0.6) is 0 Å². The molecule has 1 aromatic rings. The summed E-state index contributed by atoms with van der Waals surface area (Å²) in [5, 5.41) is 0. The Kier molecular flexibility index (Phi) is 4.84. The second-order valence-corrected chi connectivity index (χ2v) is 5.26. The first-order chi connectivity index (χ1) is 9.90. The Hall–Kier alpha value is -1.60. The number of nitrogens with zero attached hydrogens (tertiary/aromatic N) is 1. The summed E-state index contributed by atoms with van der Waals surface area (Å²) in [5.41, 5.74) is 3.47. The molecular formula is C14H18F3N3O. The van der Waals surface area contributed by atoms with E-state index >= 15 is 0 Å². The fraction of sp³-hybridized carbons (Fsp3) is 0.500. The maximum absolute atomic E-state index is 12.6. The molecule has 1 fully saturated rings. The zero-order valence-corrected chi connectivity index (χ0v) is 11.5. The summed E-state index contributed by atoms with van der Waals surface area (Å²) in [5.74, 6) is 3.50. The van der Waals surface area contributed by atoms with Crippen LogP contribution in [0.4, 0.5) is 13.2 Å². The number of hydrogen-bond donors (Lipinski definition) is 2. The lowest BCUT2D eigenvalue weighted by Crippen LogP contribution is -2.38. The number of carbonyl (C=O) groups excluding carboxylic acids is 1. The Morgan fingerprint density at radius 1 is 1.24 bits per heavy atom.